The minimum absolute atomic E-state index is 0.162. The van der Waals surface area contributed by atoms with E-state index in [1.807, 2.05) is 12.1 Å². The summed E-state index contributed by atoms with van der Waals surface area (Å²) >= 11 is 0. The number of methoxy groups -OCH3 is 1. The van der Waals surface area contributed by atoms with E-state index in [0.717, 1.165) is 10.4 Å². The van der Waals surface area contributed by atoms with E-state index in [-0.39, 0.29) is 12.4 Å². The molecule has 0 spiro atoms. The van der Waals surface area contributed by atoms with Crippen molar-refractivity contribution < 1.29 is 13.9 Å². The predicted octanol–water partition coefficient (Wildman–Crippen LogP) is 1.02. The number of hydrogen-bond donors (Lipinski definition) is 1. The van der Waals surface area contributed by atoms with E-state index in [2.05, 4.69) is 10.4 Å². The van der Waals surface area contributed by atoms with Gasteiger partial charge in [0.2, 0.25) is 11.9 Å². The van der Waals surface area contributed by atoms with Crippen molar-refractivity contribution in [1.29, 1.82) is 0 Å². The molecule has 0 bridgehead atoms. The van der Waals surface area contributed by atoms with Gasteiger partial charge in [0.25, 0.3) is 0 Å². The van der Waals surface area contributed by atoms with Gasteiger partial charge in [0.15, 0.2) is 0 Å². The summed E-state index contributed by atoms with van der Waals surface area (Å²) in [5.41, 5.74) is -0.107. The number of anilines is 2. The summed E-state index contributed by atoms with van der Waals surface area (Å²) in [6.45, 7) is 0.546. The molecule has 0 saturated carbocycles. The highest BCUT2D eigenvalue weighted by atomic mass is 19.1. The first kappa shape index (κ1) is 20.3. The highest BCUT2D eigenvalue weighted by molar-refractivity contribution is 5.75. The van der Waals surface area contributed by atoms with E-state index in [1.165, 1.54) is 16.7 Å². The molecule has 2 heterocycles. The van der Waals surface area contributed by atoms with Crippen molar-refractivity contribution >= 4 is 17.5 Å². The zero-order valence-corrected chi connectivity index (χ0v) is 16.7. The molecule has 1 aromatic heterocycles. The lowest BCUT2D eigenvalue weighted by Gasteiger charge is -2.18. The number of amides is 1. The molecule has 3 aromatic rings. The van der Waals surface area contributed by atoms with Crippen LogP contribution in [-0.4, -0.2) is 33.9 Å². The fourth-order valence-corrected chi connectivity index (χ4v) is 3.33. The predicted molar refractivity (Wildman–Crippen MR) is 111 cm³/mol. The lowest BCUT2D eigenvalue weighted by atomic mass is 10.2. The Hall–Kier alpha value is -3.95. The van der Waals surface area contributed by atoms with E-state index >= 15 is 0 Å². The van der Waals surface area contributed by atoms with Gasteiger partial charge >= 0.3 is 11.1 Å². The molecule has 31 heavy (non-hydrogen) atoms. The van der Waals surface area contributed by atoms with Gasteiger partial charge in [0.1, 0.15) is 18.1 Å². The van der Waals surface area contributed by atoms with Gasteiger partial charge < -0.3 is 15.0 Å². The summed E-state index contributed by atoms with van der Waals surface area (Å²) in [4.78, 5) is 39.1. The third kappa shape index (κ3) is 4.18. The molecule has 160 valence electrons. The Labute approximate surface area is 176 Å². The summed E-state index contributed by atoms with van der Waals surface area (Å²) in [6.07, 6.45) is 0. The SMILES string of the molecule is COc1ccc(N2CCn3c2nn(CC(=O)NCc2ccc(F)cc2)c(=O)c3=O)cc1. The number of aromatic nitrogens is 3. The number of halogens is 1. The lowest BCUT2D eigenvalue weighted by molar-refractivity contribution is -0.122. The van der Waals surface area contributed by atoms with E-state index in [1.54, 1.807) is 36.3 Å². The fraction of sp³-hybridized carbons (Fsp3) is 0.238. The third-order valence-electron chi connectivity index (χ3n) is 4.98. The molecule has 0 radical (unpaired) electrons. The molecule has 2 aromatic carbocycles. The fourth-order valence-electron chi connectivity index (χ4n) is 3.33. The van der Waals surface area contributed by atoms with Crippen LogP contribution in [0, 0.1) is 5.82 Å². The largest absolute Gasteiger partial charge is 0.497 e. The Balaban J connectivity index is 1.54. The van der Waals surface area contributed by atoms with Gasteiger partial charge in [-0.05, 0) is 42.0 Å². The van der Waals surface area contributed by atoms with Crippen LogP contribution in [0.1, 0.15) is 5.56 Å². The first-order valence-corrected chi connectivity index (χ1v) is 9.61. The minimum atomic E-state index is -0.864. The number of hydrogen-bond acceptors (Lipinski definition) is 6. The maximum Gasteiger partial charge on any atom is 0.333 e. The quantitative estimate of drug-likeness (QED) is 0.592. The van der Waals surface area contributed by atoms with Crippen molar-refractivity contribution in [1.82, 2.24) is 19.7 Å². The minimum Gasteiger partial charge on any atom is -0.497 e. The Kier molecular flexibility index (Phi) is 5.52. The van der Waals surface area contributed by atoms with Crippen LogP contribution in [0.25, 0.3) is 0 Å². The molecule has 1 amide bonds. The van der Waals surface area contributed by atoms with E-state index in [9.17, 15) is 18.8 Å². The van der Waals surface area contributed by atoms with Crippen LogP contribution in [-0.2, 0) is 24.4 Å². The number of carbonyl (C=O) groups is 1. The van der Waals surface area contributed by atoms with Crippen LogP contribution >= 0.6 is 0 Å². The molecular weight excluding hydrogens is 405 g/mol. The van der Waals surface area contributed by atoms with Crippen LogP contribution in [0.15, 0.2) is 58.1 Å². The Morgan fingerprint density at radius 3 is 2.45 bits per heavy atom. The highest BCUT2D eigenvalue weighted by Crippen LogP contribution is 2.27. The molecule has 0 fully saturated rings. The number of rotatable bonds is 6. The van der Waals surface area contributed by atoms with E-state index < -0.39 is 23.6 Å². The van der Waals surface area contributed by atoms with Crippen molar-refractivity contribution in [2.75, 3.05) is 18.6 Å². The first-order valence-electron chi connectivity index (χ1n) is 9.61. The maximum absolute atomic E-state index is 13.0. The van der Waals surface area contributed by atoms with Gasteiger partial charge in [-0.2, -0.15) is 0 Å². The van der Waals surface area contributed by atoms with E-state index in [4.69, 9.17) is 4.74 Å². The number of carbonyl (C=O) groups excluding carboxylic acids is 1. The zero-order valence-electron chi connectivity index (χ0n) is 16.7. The molecule has 0 aliphatic carbocycles. The second-order valence-corrected chi connectivity index (χ2v) is 6.97. The molecule has 1 aliphatic rings. The summed E-state index contributed by atoms with van der Waals surface area (Å²) in [6, 6.07) is 12.9. The number of benzene rings is 2. The van der Waals surface area contributed by atoms with Gasteiger partial charge in [-0.25, -0.2) is 9.07 Å². The van der Waals surface area contributed by atoms with Gasteiger partial charge in [-0.15, -0.1) is 5.10 Å². The van der Waals surface area contributed by atoms with Crippen molar-refractivity contribution in [3.63, 3.8) is 0 Å². The molecule has 1 aliphatic heterocycles. The summed E-state index contributed by atoms with van der Waals surface area (Å²) in [5.74, 6) is 0.125. The topological polar surface area (TPSA) is 98.5 Å². The molecule has 0 saturated heterocycles. The molecular formula is C21H20FN5O4. The number of ether oxygens (including phenoxy) is 1. The van der Waals surface area contributed by atoms with Crippen molar-refractivity contribution in [2.24, 2.45) is 0 Å². The zero-order chi connectivity index (χ0) is 22.0. The van der Waals surface area contributed by atoms with Crippen molar-refractivity contribution in [3.05, 3.63) is 80.6 Å². The average Bonchev–Trinajstić information content (AvgIpc) is 3.21. The molecule has 9 nitrogen and oxygen atoms in total. The van der Waals surface area contributed by atoms with Gasteiger partial charge in [-0.3, -0.25) is 19.0 Å². The summed E-state index contributed by atoms with van der Waals surface area (Å²) < 4.78 is 20.3. The molecule has 0 atom stereocenters. The Bertz CT molecular complexity index is 1220. The summed E-state index contributed by atoms with van der Waals surface area (Å²) in [7, 11) is 1.57. The smallest absolute Gasteiger partial charge is 0.333 e. The second kappa shape index (κ2) is 8.42. The van der Waals surface area contributed by atoms with Crippen LogP contribution in [0.5, 0.6) is 5.75 Å². The lowest BCUT2D eigenvalue weighted by Crippen LogP contribution is -2.44. The van der Waals surface area contributed by atoms with Gasteiger partial charge in [-0.1, -0.05) is 12.1 Å². The maximum atomic E-state index is 13.0. The average molecular weight is 425 g/mol. The van der Waals surface area contributed by atoms with Gasteiger partial charge in [0, 0.05) is 25.3 Å². The van der Waals surface area contributed by atoms with Crippen molar-refractivity contribution in [2.45, 2.75) is 19.6 Å². The standard InChI is InChI=1S/C21H20FN5O4/c1-31-17-8-6-16(7-9-17)25-10-11-26-19(29)20(30)27(24-21(25)26)13-18(28)23-12-14-2-4-15(22)5-3-14/h2-9H,10-13H2,1H3,(H,23,28). The summed E-state index contributed by atoms with van der Waals surface area (Å²) in [5, 5.41) is 6.91. The van der Waals surface area contributed by atoms with E-state index in [0.29, 0.717) is 30.4 Å². The number of nitrogens with one attached hydrogen (secondary N) is 1. The number of nitrogens with zero attached hydrogens (tertiary/aromatic N) is 4. The molecule has 10 heteroatoms. The second-order valence-electron chi connectivity index (χ2n) is 6.97. The molecule has 0 unspecified atom stereocenters. The number of fused-ring (bicyclic) bond motifs is 1. The molecule has 1 N–H and O–H groups in total. The normalized spacial score (nSPS) is 12.5. The van der Waals surface area contributed by atoms with Crippen LogP contribution < -0.4 is 26.1 Å². The Morgan fingerprint density at radius 1 is 1.06 bits per heavy atom. The van der Waals surface area contributed by atoms with Crippen LogP contribution in [0.3, 0.4) is 0 Å². The molecule has 4 rings (SSSR count). The third-order valence-corrected chi connectivity index (χ3v) is 4.98. The van der Waals surface area contributed by atoms with Gasteiger partial charge in [0.05, 0.1) is 7.11 Å². The van der Waals surface area contributed by atoms with Crippen molar-refractivity contribution in [3.8, 4) is 5.75 Å². The monoisotopic (exact) mass is 425 g/mol. The highest BCUT2D eigenvalue weighted by Gasteiger charge is 2.26. The van der Waals surface area contributed by atoms with Crippen LogP contribution in [0.2, 0.25) is 0 Å². The first-order chi connectivity index (χ1) is 15.0. The van der Waals surface area contributed by atoms with Crippen LogP contribution in [0.4, 0.5) is 16.0 Å². The Morgan fingerprint density at radius 2 is 1.77 bits per heavy atom.